The third kappa shape index (κ3) is 2.97. The number of para-hydroxylation sites is 2. The summed E-state index contributed by atoms with van der Waals surface area (Å²) in [5.74, 6) is -0.958. The van der Waals surface area contributed by atoms with Crippen molar-refractivity contribution in [2.45, 2.75) is 4.90 Å². The van der Waals surface area contributed by atoms with Crippen LogP contribution < -0.4 is 4.72 Å². The van der Waals surface area contributed by atoms with Gasteiger partial charge in [-0.15, -0.1) is 0 Å². The van der Waals surface area contributed by atoms with Crippen LogP contribution in [0.15, 0.2) is 47.4 Å². The van der Waals surface area contributed by atoms with Gasteiger partial charge in [0, 0.05) is 0 Å². The molecule has 0 radical (unpaired) electrons. The molecule has 2 aromatic carbocycles. The van der Waals surface area contributed by atoms with E-state index in [9.17, 15) is 17.9 Å². The molecule has 0 atom stereocenters. The highest BCUT2D eigenvalue weighted by Gasteiger charge is 2.20. The van der Waals surface area contributed by atoms with Crippen molar-refractivity contribution < 1.29 is 17.9 Å². The Kier molecular flexibility index (Phi) is 3.64. The summed E-state index contributed by atoms with van der Waals surface area (Å²) >= 11 is 5.74. The fraction of sp³-hybridized carbons (Fsp3) is 0. The lowest BCUT2D eigenvalue weighted by Crippen LogP contribution is -2.13. The molecule has 19 heavy (non-hydrogen) atoms. The van der Waals surface area contributed by atoms with Gasteiger partial charge < -0.3 is 5.11 Å². The number of phenols is 1. The van der Waals surface area contributed by atoms with E-state index in [-0.39, 0.29) is 16.5 Å². The minimum absolute atomic E-state index is 0.0113. The van der Waals surface area contributed by atoms with Crippen molar-refractivity contribution in [1.29, 1.82) is 0 Å². The van der Waals surface area contributed by atoms with Gasteiger partial charge in [0.15, 0.2) is 0 Å². The molecule has 0 saturated heterocycles. The zero-order valence-electron chi connectivity index (χ0n) is 9.47. The maximum absolute atomic E-state index is 13.1. The van der Waals surface area contributed by atoms with Crippen molar-refractivity contribution in [3.05, 3.63) is 53.3 Å². The minimum atomic E-state index is -4.07. The van der Waals surface area contributed by atoms with Crippen LogP contribution in [0.5, 0.6) is 5.75 Å². The minimum Gasteiger partial charge on any atom is -0.506 e. The summed E-state index contributed by atoms with van der Waals surface area (Å²) in [6, 6.07) is 8.81. The van der Waals surface area contributed by atoms with Gasteiger partial charge in [-0.2, -0.15) is 0 Å². The Morgan fingerprint density at radius 3 is 2.53 bits per heavy atom. The molecule has 0 aliphatic rings. The molecule has 0 heterocycles. The normalized spacial score (nSPS) is 11.3. The smallest absolute Gasteiger partial charge is 0.263 e. The lowest BCUT2D eigenvalue weighted by atomic mass is 10.3. The fourth-order valence-electron chi connectivity index (χ4n) is 1.44. The van der Waals surface area contributed by atoms with Crippen molar-refractivity contribution in [2.75, 3.05) is 4.72 Å². The number of halogens is 2. The van der Waals surface area contributed by atoms with Crippen molar-refractivity contribution in [3.63, 3.8) is 0 Å². The molecule has 0 bridgehead atoms. The van der Waals surface area contributed by atoms with Crippen molar-refractivity contribution in [3.8, 4) is 5.75 Å². The highest BCUT2D eigenvalue weighted by atomic mass is 35.5. The van der Waals surface area contributed by atoms with Gasteiger partial charge in [-0.05, 0) is 30.3 Å². The lowest BCUT2D eigenvalue weighted by molar-refractivity contribution is 0.477. The Morgan fingerprint density at radius 1 is 1.16 bits per heavy atom. The van der Waals surface area contributed by atoms with Gasteiger partial charge in [0.1, 0.15) is 16.5 Å². The monoisotopic (exact) mass is 301 g/mol. The Hall–Kier alpha value is -1.79. The second kappa shape index (κ2) is 5.07. The summed E-state index contributed by atoms with van der Waals surface area (Å²) in [7, 11) is -4.07. The molecule has 4 nitrogen and oxygen atoms in total. The average Bonchev–Trinajstić information content (AvgIpc) is 2.35. The van der Waals surface area contributed by atoms with E-state index in [0.717, 1.165) is 18.2 Å². The number of nitrogens with one attached hydrogen (secondary N) is 1. The molecule has 0 unspecified atom stereocenters. The van der Waals surface area contributed by atoms with Crippen LogP contribution in [-0.2, 0) is 10.0 Å². The van der Waals surface area contributed by atoms with Gasteiger partial charge in [-0.25, -0.2) is 12.8 Å². The number of phenolic OH excluding ortho intramolecular Hbond substituents is 1. The van der Waals surface area contributed by atoms with Crippen LogP contribution in [0.3, 0.4) is 0 Å². The van der Waals surface area contributed by atoms with E-state index in [1.807, 2.05) is 0 Å². The van der Waals surface area contributed by atoms with Crippen molar-refractivity contribution >= 4 is 27.3 Å². The number of sulfonamides is 1. The number of anilines is 1. The Labute approximate surface area is 114 Å². The van der Waals surface area contributed by atoms with Gasteiger partial charge in [-0.1, -0.05) is 23.7 Å². The van der Waals surface area contributed by atoms with Crippen LogP contribution in [0.4, 0.5) is 10.1 Å². The van der Waals surface area contributed by atoms with Crippen LogP contribution in [0, 0.1) is 5.82 Å². The molecule has 0 aromatic heterocycles. The summed E-state index contributed by atoms with van der Waals surface area (Å²) < 4.78 is 39.3. The second-order valence-electron chi connectivity index (χ2n) is 3.70. The molecule has 2 aromatic rings. The van der Waals surface area contributed by atoms with Crippen molar-refractivity contribution in [2.24, 2.45) is 0 Å². The van der Waals surface area contributed by atoms with Crippen LogP contribution >= 0.6 is 11.6 Å². The highest BCUT2D eigenvalue weighted by Crippen LogP contribution is 2.28. The SMILES string of the molecule is O=S(=O)(Nc1ccccc1O)c1cc(F)ccc1Cl. The highest BCUT2D eigenvalue weighted by molar-refractivity contribution is 7.92. The molecular weight excluding hydrogens is 293 g/mol. The zero-order valence-corrected chi connectivity index (χ0v) is 11.0. The summed E-state index contributed by atoms with van der Waals surface area (Å²) in [4.78, 5) is -0.391. The van der Waals surface area contributed by atoms with E-state index in [2.05, 4.69) is 4.72 Å². The number of benzene rings is 2. The summed E-state index contributed by atoms with van der Waals surface area (Å²) in [6.07, 6.45) is 0. The van der Waals surface area contributed by atoms with Crippen LogP contribution in [0.25, 0.3) is 0 Å². The van der Waals surface area contributed by atoms with Crippen LogP contribution in [0.2, 0.25) is 5.02 Å². The Morgan fingerprint density at radius 2 is 1.84 bits per heavy atom. The molecular formula is C12H9ClFNO3S. The fourth-order valence-corrected chi connectivity index (χ4v) is 3.03. The molecule has 0 amide bonds. The molecule has 2 rings (SSSR count). The van der Waals surface area contributed by atoms with E-state index in [0.29, 0.717) is 0 Å². The van der Waals surface area contributed by atoms with E-state index >= 15 is 0 Å². The maximum atomic E-state index is 13.1. The standard InChI is InChI=1S/C12H9ClFNO3S/c13-9-6-5-8(14)7-12(9)19(17,18)15-10-3-1-2-4-11(10)16/h1-7,15-16H. The lowest BCUT2D eigenvalue weighted by Gasteiger charge is -2.10. The van der Waals surface area contributed by atoms with Gasteiger partial charge in [-0.3, -0.25) is 4.72 Å². The maximum Gasteiger partial charge on any atom is 0.263 e. The first kappa shape index (κ1) is 13.6. The third-order valence-electron chi connectivity index (χ3n) is 2.33. The predicted molar refractivity (Wildman–Crippen MR) is 70.3 cm³/mol. The van der Waals surface area contributed by atoms with E-state index in [1.165, 1.54) is 12.1 Å². The number of hydrogen-bond donors (Lipinski definition) is 2. The van der Waals surface area contributed by atoms with Crippen LogP contribution in [0.1, 0.15) is 0 Å². The third-order valence-corrected chi connectivity index (χ3v) is 4.18. The first-order valence-electron chi connectivity index (χ1n) is 5.16. The molecule has 0 aliphatic heterocycles. The Bertz CT molecular complexity index is 719. The number of aromatic hydroxyl groups is 1. The van der Waals surface area contributed by atoms with E-state index in [4.69, 9.17) is 11.6 Å². The molecule has 0 spiro atoms. The van der Waals surface area contributed by atoms with E-state index in [1.54, 1.807) is 12.1 Å². The zero-order chi connectivity index (χ0) is 14.0. The number of rotatable bonds is 3. The second-order valence-corrected chi connectivity index (χ2v) is 5.76. The quantitative estimate of drug-likeness (QED) is 0.857. The molecule has 0 saturated carbocycles. The number of hydrogen-bond acceptors (Lipinski definition) is 3. The first-order valence-corrected chi connectivity index (χ1v) is 7.02. The average molecular weight is 302 g/mol. The topological polar surface area (TPSA) is 66.4 Å². The van der Waals surface area contributed by atoms with E-state index < -0.39 is 20.7 Å². The molecule has 100 valence electrons. The van der Waals surface area contributed by atoms with Gasteiger partial charge in [0.25, 0.3) is 10.0 Å². The Balaban J connectivity index is 2.44. The first-order chi connectivity index (χ1) is 8.90. The largest absolute Gasteiger partial charge is 0.506 e. The van der Waals surface area contributed by atoms with Gasteiger partial charge >= 0.3 is 0 Å². The van der Waals surface area contributed by atoms with Gasteiger partial charge in [0.2, 0.25) is 0 Å². The molecule has 7 heteroatoms. The van der Waals surface area contributed by atoms with Gasteiger partial charge in [0.05, 0.1) is 10.7 Å². The van der Waals surface area contributed by atoms with Crippen molar-refractivity contribution in [1.82, 2.24) is 0 Å². The summed E-state index contributed by atoms with van der Waals surface area (Å²) in [5.41, 5.74) is -0.0113. The summed E-state index contributed by atoms with van der Waals surface area (Å²) in [6.45, 7) is 0. The summed E-state index contributed by atoms with van der Waals surface area (Å²) in [5, 5.41) is 9.40. The molecule has 0 aliphatic carbocycles. The predicted octanol–water partition coefficient (Wildman–Crippen LogP) is 2.99. The molecule has 0 fully saturated rings. The molecule has 2 N–H and O–H groups in total. The van der Waals surface area contributed by atoms with Crippen LogP contribution in [-0.4, -0.2) is 13.5 Å².